The summed E-state index contributed by atoms with van der Waals surface area (Å²) in [6.45, 7) is 10.4. The SMILES string of the molecule is CC(C)C[C@H](NC(=O)[C@H](C)NC(=O)[C@H](CC(C)C)NC(=O)[C@@H](N)Cc1cnc[nH]1)C(=O)N[C@@H](C)C(=O)N[C@@H](CCCN=C(N)N)C(=O)O. The lowest BCUT2D eigenvalue weighted by atomic mass is 10.0. The summed E-state index contributed by atoms with van der Waals surface area (Å²) >= 11 is 0. The molecule has 0 spiro atoms. The highest BCUT2D eigenvalue weighted by Gasteiger charge is 2.31. The zero-order chi connectivity index (χ0) is 36.6. The predicted molar refractivity (Wildman–Crippen MR) is 178 cm³/mol. The molecule has 0 saturated carbocycles. The molecule has 0 saturated heterocycles. The molecule has 48 heavy (non-hydrogen) atoms. The number of nitrogens with zero attached hydrogens (tertiary/aromatic N) is 2. The number of imidazole rings is 1. The van der Waals surface area contributed by atoms with Gasteiger partial charge in [0, 0.05) is 24.9 Å². The largest absolute Gasteiger partial charge is 0.480 e. The Hall–Kier alpha value is -4.74. The molecule has 13 N–H and O–H groups in total. The number of rotatable bonds is 21. The number of guanidine groups is 1. The molecule has 0 aliphatic rings. The van der Waals surface area contributed by atoms with Crippen molar-refractivity contribution in [1.82, 2.24) is 36.6 Å². The van der Waals surface area contributed by atoms with Crippen LogP contribution in [0.3, 0.4) is 0 Å². The van der Waals surface area contributed by atoms with Crippen LogP contribution in [-0.4, -0.2) is 99.3 Å². The quantitative estimate of drug-likeness (QED) is 0.0384. The first kappa shape index (κ1) is 41.3. The molecule has 0 aliphatic heterocycles. The standard InChI is InChI=1S/C30H53N11O7/c1-15(2)10-22(27(45)37-17(5)24(42)39-21(29(47)48)8-7-9-35-30(32)33)40-25(43)18(6)38-28(46)23(11-16(3)4)41-26(44)20(31)12-19-13-34-14-36-19/h13-18,20-23H,7-12,31H2,1-6H3,(H,34,36)(H,37,45)(H,38,46)(H,39,42)(H,40,43)(H,41,44)(H,47,48)(H4,32,33,35)/t17-,18-,20-,21-,22-,23-/m0/s1. The number of aliphatic imine (C=N–C) groups is 1. The number of nitrogens with one attached hydrogen (secondary N) is 6. The van der Waals surface area contributed by atoms with Crippen molar-refractivity contribution in [3.05, 3.63) is 18.2 Å². The van der Waals surface area contributed by atoms with Crippen molar-refractivity contribution in [2.24, 2.45) is 34.0 Å². The summed E-state index contributed by atoms with van der Waals surface area (Å²) in [6, 6.07) is -6.47. The highest BCUT2D eigenvalue weighted by atomic mass is 16.4. The lowest BCUT2D eigenvalue weighted by molar-refractivity contribution is -0.142. The molecule has 1 rings (SSSR count). The molecule has 0 aliphatic carbocycles. The van der Waals surface area contributed by atoms with Gasteiger partial charge in [0.2, 0.25) is 29.5 Å². The summed E-state index contributed by atoms with van der Waals surface area (Å²) in [4.78, 5) is 87.2. The van der Waals surface area contributed by atoms with E-state index in [1.54, 1.807) is 6.20 Å². The fraction of sp³-hybridized carbons (Fsp3) is 0.667. The maximum Gasteiger partial charge on any atom is 0.326 e. The molecule has 6 atom stereocenters. The van der Waals surface area contributed by atoms with Gasteiger partial charge in [0.05, 0.1) is 12.4 Å². The van der Waals surface area contributed by atoms with E-state index in [2.05, 4.69) is 41.5 Å². The van der Waals surface area contributed by atoms with E-state index in [0.29, 0.717) is 5.69 Å². The van der Waals surface area contributed by atoms with Crippen molar-refractivity contribution in [2.75, 3.05) is 6.54 Å². The smallest absolute Gasteiger partial charge is 0.326 e. The molecule has 0 fully saturated rings. The van der Waals surface area contributed by atoms with Gasteiger partial charge in [0.25, 0.3) is 0 Å². The molecule has 5 amide bonds. The second kappa shape index (κ2) is 20.5. The third-order valence-corrected chi connectivity index (χ3v) is 7.08. The molecule has 1 heterocycles. The number of amides is 5. The molecular weight excluding hydrogens is 626 g/mol. The van der Waals surface area contributed by atoms with Crippen LogP contribution in [-0.2, 0) is 35.2 Å². The van der Waals surface area contributed by atoms with Crippen LogP contribution in [0.1, 0.15) is 72.9 Å². The zero-order valence-corrected chi connectivity index (χ0v) is 28.5. The van der Waals surface area contributed by atoms with E-state index in [4.69, 9.17) is 17.2 Å². The summed E-state index contributed by atoms with van der Waals surface area (Å²) in [5, 5.41) is 22.3. The molecule has 18 nitrogen and oxygen atoms in total. The van der Waals surface area contributed by atoms with Crippen molar-refractivity contribution in [2.45, 2.75) is 110 Å². The van der Waals surface area contributed by atoms with Gasteiger partial charge in [-0.1, -0.05) is 27.7 Å². The Morgan fingerprint density at radius 1 is 0.771 bits per heavy atom. The van der Waals surface area contributed by atoms with Crippen LogP contribution >= 0.6 is 0 Å². The van der Waals surface area contributed by atoms with Crippen LogP contribution < -0.4 is 43.8 Å². The second-order valence-corrected chi connectivity index (χ2v) is 12.6. The highest BCUT2D eigenvalue weighted by molar-refractivity contribution is 5.96. The number of H-pyrrole nitrogens is 1. The molecule has 0 aromatic carbocycles. The fourth-order valence-corrected chi connectivity index (χ4v) is 4.52. The van der Waals surface area contributed by atoms with E-state index in [1.165, 1.54) is 20.2 Å². The lowest BCUT2D eigenvalue weighted by Gasteiger charge is -2.26. The maximum absolute atomic E-state index is 13.2. The molecular formula is C30H53N11O7. The van der Waals surface area contributed by atoms with Crippen LogP contribution in [0.5, 0.6) is 0 Å². The van der Waals surface area contributed by atoms with E-state index in [1.807, 2.05) is 27.7 Å². The van der Waals surface area contributed by atoms with Gasteiger partial charge < -0.3 is 53.9 Å². The Kier molecular flexibility index (Phi) is 17.6. The molecule has 1 aromatic rings. The van der Waals surface area contributed by atoms with Crippen molar-refractivity contribution in [3.63, 3.8) is 0 Å². The fourth-order valence-electron chi connectivity index (χ4n) is 4.52. The summed E-state index contributed by atoms with van der Waals surface area (Å²) < 4.78 is 0. The van der Waals surface area contributed by atoms with Crippen LogP contribution in [0.2, 0.25) is 0 Å². The van der Waals surface area contributed by atoms with Crippen molar-refractivity contribution in [3.8, 4) is 0 Å². The van der Waals surface area contributed by atoms with Gasteiger partial charge >= 0.3 is 5.97 Å². The number of carbonyl (C=O) groups is 6. The van der Waals surface area contributed by atoms with Crippen molar-refractivity contribution in [1.29, 1.82) is 0 Å². The third kappa shape index (κ3) is 15.7. The van der Waals surface area contributed by atoms with Crippen molar-refractivity contribution < 1.29 is 33.9 Å². The average molecular weight is 680 g/mol. The van der Waals surface area contributed by atoms with Gasteiger partial charge in [0.1, 0.15) is 30.2 Å². The summed E-state index contributed by atoms with van der Waals surface area (Å²) in [5.41, 5.74) is 17.2. The van der Waals surface area contributed by atoms with Gasteiger partial charge in [-0.2, -0.15) is 0 Å². The first-order chi connectivity index (χ1) is 22.4. The number of hydrogen-bond acceptors (Lipinski definition) is 9. The third-order valence-electron chi connectivity index (χ3n) is 7.08. The number of nitrogens with two attached hydrogens (primary N) is 3. The summed E-state index contributed by atoms with van der Waals surface area (Å²) in [6.07, 6.45) is 4.01. The first-order valence-corrected chi connectivity index (χ1v) is 15.9. The van der Waals surface area contributed by atoms with E-state index in [9.17, 15) is 33.9 Å². The minimum Gasteiger partial charge on any atom is -0.480 e. The van der Waals surface area contributed by atoms with Crippen LogP contribution in [0.15, 0.2) is 17.5 Å². The first-order valence-electron chi connectivity index (χ1n) is 15.9. The Morgan fingerprint density at radius 2 is 1.25 bits per heavy atom. The van der Waals surface area contributed by atoms with Gasteiger partial charge in [0.15, 0.2) is 5.96 Å². The topological polar surface area (TPSA) is 302 Å². The monoisotopic (exact) mass is 679 g/mol. The molecule has 18 heteroatoms. The average Bonchev–Trinajstić information content (AvgIpc) is 3.49. The summed E-state index contributed by atoms with van der Waals surface area (Å²) in [5.74, 6) is -4.66. The molecule has 0 unspecified atom stereocenters. The van der Waals surface area contributed by atoms with Crippen LogP contribution in [0.25, 0.3) is 0 Å². The maximum atomic E-state index is 13.2. The predicted octanol–water partition coefficient (Wildman–Crippen LogP) is -2.03. The van der Waals surface area contributed by atoms with Gasteiger partial charge in [-0.25, -0.2) is 9.78 Å². The van der Waals surface area contributed by atoms with E-state index < -0.39 is 71.8 Å². The number of aromatic amines is 1. The van der Waals surface area contributed by atoms with Crippen LogP contribution in [0.4, 0.5) is 0 Å². The lowest BCUT2D eigenvalue weighted by Crippen LogP contribution is -2.58. The number of aromatic nitrogens is 2. The zero-order valence-electron chi connectivity index (χ0n) is 28.5. The molecule has 270 valence electrons. The number of aliphatic carboxylic acids is 1. The van der Waals surface area contributed by atoms with E-state index in [-0.39, 0.29) is 56.4 Å². The second-order valence-electron chi connectivity index (χ2n) is 12.6. The Morgan fingerprint density at radius 3 is 1.67 bits per heavy atom. The number of carbonyl (C=O) groups excluding carboxylic acids is 5. The van der Waals surface area contributed by atoms with Crippen LogP contribution in [0, 0.1) is 11.8 Å². The summed E-state index contributed by atoms with van der Waals surface area (Å²) in [7, 11) is 0. The van der Waals surface area contributed by atoms with E-state index >= 15 is 0 Å². The normalized spacial score (nSPS) is 14.9. The molecule has 0 bridgehead atoms. The van der Waals surface area contributed by atoms with Gasteiger partial charge in [-0.3, -0.25) is 29.0 Å². The minimum absolute atomic E-state index is 0.0165. The molecule has 0 radical (unpaired) electrons. The van der Waals surface area contributed by atoms with Gasteiger partial charge in [-0.15, -0.1) is 0 Å². The Labute approximate surface area is 280 Å². The highest BCUT2D eigenvalue weighted by Crippen LogP contribution is 2.09. The van der Waals surface area contributed by atoms with Crippen molar-refractivity contribution >= 4 is 41.5 Å². The number of carboxylic acids is 1. The number of hydrogen-bond donors (Lipinski definition) is 10. The Balaban J connectivity index is 2.85. The number of carboxylic acid groups (broad SMARTS) is 1. The van der Waals surface area contributed by atoms with Gasteiger partial charge in [-0.05, 0) is 51.4 Å². The Bertz CT molecular complexity index is 1250. The minimum atomic E-state index is -1.26. The van der Waals surface area contributed by atoms with E-state index in [0.717, 1.165) is 0 Å². The molecule has 1 aromatic heterocycles.